The van der Waals surface area contributed by atoms with E-state index in [-0.39, 0.29) is 12.0 Å². The molecule has 0 bridgehead atoms. The molecular formula is C20H26N4O2S. The van der Waals surface area contributed by atoms with E-state index in [9.17, 15) is 4.79 Å². The van der Waals surface area contributed by atoms with Crippen molar-refractivity contribution >= 4 is 17.7 Å². The van der Waals surface area contributed by atoms with Crippen molar-refractivity contribution in [3.8, 4) is 5.75 Å². The smallest absolute Gasteiger partial charge is 0.230 e. The number of aryl methyl sites for hydroxylation is 2. The Balaban J connectivity index is 1.70. The van der Waals surface area contributed by atoms with Gasteiger partial charge in [-0.05, 0) is 45.2 Å². The highest BCUT2D eigenvalue weighted by Crippen LogP contribution is 2.27. The van der Waals surface area contributed by atoms with Crippen molar-refractivity contribution in [3.05, 3.63) is 47.8 Å². The number of amides is 1. The summed E-state index contributed by atoms with van der Waals surface area (Å²) < 4.78 is 8.08. The summed E-state index contributed by atoms with van der Waals surface area (Å²) in [4.78, 5) is 11.9. The van der Waals surface area contributed by atoms with Gasteiger partial charge in [0.1, 0.15) is 5.75 Å². The van der Waals surface area contributed by atoms with E-state index in [0.29, 0.717) is 23.5 Å². The lowest BCUT2D eigenvalue weighted by Crippen LogP contribution is -2.27. The summed E-state index contributed by atoms with van der Waals surface area (Å²) in [5.74, 6) is 1.92. The number of hydrogen-bond acceptors (Lipinski definition) is 5. The van der Waals surface area contributed by atoms with Crippen LogP contribution in [0.1, 0.15) is 42.8 Å². The molecule has 27 heavy (non-hydrogen) atoms. The highest BCUT2D eigenvalue weighted by Gasteiger charge is 2.24. The van der Waals surface area contributed by atoms with Gasteiger partial charge in [0.25, 0.3) is 0 Å². The first-order valence-electron chi connectivity index (χ1n) is 9.18. The molecule has 144 valence electrons. The summed E-state index contributed by atoms with van der Waals surface area (Å²) in [6.07, 6.45) is 3.69. The molecule has 0 saturated heterocycles. The van der Waals surface area contributed by atoms with Crippen LogP contribution in [0.3, 0.4) is 0 Å². The Kier molecular flexibility index (Phi) is 6.21. The van der Waals surface area contributed by atoms with Gasteiger partial charge in [-0.15, -0.1) is 16.8 Å². The summed E-state index contributed by atoms with van der Waals surface area (Å²) in [6, 6.07) is 6.47. The average Bonchev–Trinajstić information content (AvgIpc) is 3.34. The molecule has 3 rings (SSSR count). The van der Waals surface area contributed by atoms with Crippen molar-refractivity contribution in [1.82, 2.24) is 20.1 Å². The zero-order valence-electron chi connectivity index (χ0n) is 16.1. The predicted octanol–water partition coefficient (Wildman–Crippen LogP) is 3.59. The second-order valence-electron chi connectivity index (χ2n) is 6.90. The van der Waals surface area contributed by atoms with E-state index in [4.69, 9.17) is 4.74 Å². The van der Waals surface area contributed by atoms with Crippen LogP contribution in [0.2, 0.25) is 0 Å². The summed E-state index contributed by atoms with van der Waals surface area (Å²) in [5.41, 5.74) is 2.29. The second-order valence-corrected chi connectivity index (χ2v) is 7.84. The maximum absolute atomic E-state index is 11.9. The zero-order chi connectivity index (χ0) is 19.4. The van der Waals surface area contributed by atoms with Crippen LogP contribution in [0.15, 0.2) is 36.0 Å². The summed E-state index contributed by atoms with van der Waals surface area (Å²) in [6.45, 7) is 10.4. The van der Waals surface area contributed by atoms with Crippen molar-refractivity contribution in [3.63, 3.8) is 0 Å². The van der Waals surface area contributed by atoms with Crippen LogP contribution in [-0.2, 0) is 11.3 Å². The van der Waals surface area contributed by atoms with Crippen LogP contribution in [0.4, 0.5) is 0 Å². The van der Waals surface area contributed by atoms with Gasteiger partial charge in [-0.2, -0.15) is 0 Å². The number of aromatic nitrogens is 3. The van der Waals surface area contributed by atoms with Gasteiger partial charge < -0.3 is 10.1 Å². The van der Waals surface area contributed by atoms with Crippen molar-refractivity contribution in [2.24, 2.45) is 0 Å². The van der Waals surface area contributed by atoms with E-state index >= 15 is 0 Å². The Morgan fingerprint density at radius 2 is 2.22 bits per heavy atom. The summed E-state index contributed by atoms with van der Waals surface area (Å²) in [5, 5.41) is 12.3. The monoisotopic (exact) mass is 386 g/mol. The maximum Gasteiger partial charge on any atom is 0.230 e. The lowest BCUT2D eigenvalue weighted by atomic mass is 10.1. The average molecular weight is 387 g/mol. The van der Waals surface area contributed by atoms with Crippen molar-refractivity contribution in [1.29, 1.82) is 0 Å². The number of carbonyl (C=O) groups excluding carboxylic acids is 1. The van der Waals surface area contributed by atoms with E-state index in [2.05, 4.69) is 35.1 Å². The molecule has 0 spiro atoms. The third-order valence-corrected chi connectivity index (χ3v) is 5.30. The van der Waals surface area contributed by atoms with E-state index in [0.717, 1.165) is 30.0 Å². The zero-order valence-corrected chi connectivity index (χ0v) is 16.9. The quantitative estimate of drug-likeness (QED) is 0.527. The van der Waals surface area contributed by atoms with Gasteiger partial charge in [0, 0.05) is 12.6 Å². The predicted molar refractivity (Wildman–Crippen MR) is 107 cm³/mol. The Labute approximate surface area is 164 Å². The molecular weight excluding hydrogens is 360 g/mol. The highest BCUT2D eigenvalue weighted by molar-refractivity contribution is 7.99. The number of nitrogens with zero attached hydrogens (tertiary/aromatic N) is 3. The van der Waals surface area contributed by atoms with E-state index < -0.39 is 0 Å². The van der Waals surface area contributed by atoms with Crippen LogP contribution in [0.5, 0.6) is 5.75 Å². The topological polar surface area (TPSA) is 69.0 Å². The molecule has 1 N–H and O–H groups in total. The number of nitrogens with one attached hydrogen (secondary N) is 1. The van der Waals surface area contributed by atoms with Gasteiger partial charge in [-0.1, -0.05) is 35.5 Å². The molecule has 1 heterocycles. The third kappa shape index (κ3) is 5.13. The van der Waals surface area contributed by atoms with Crippen molar-refractivity contribution in [2.75, 3.05) is 5.75 Å². The van der Waals surface area contributed by atoms with Crippen molar-refractivity contribution < 1.29 is 9.53 Å². The molecule has 0 aliphatic heterocycles. The van der Waals surface area contributed by atoms with Crippen LogP contribution in [-0.4, -0.2) is 32.5 Å². The van der Waals surface area contributed by atoms with Gasteiger partial charge >= 0.3 is 0 Å². The number of thioether (sulfide) groups is 1. The van der Waals surface area contributed by atoms with E-state index in [1.54, 1.807) is 6.08 Å². The fourth-order valence-corrected chi connectivity index (χ4v) is 3.58. The molecule has 2 aromatic rings. The largest absolute Gasteiger partial charge is 0.482 e. The Bertz CT molecular complexity index is 829. The van der Waals surface area contributed by atoms with Crippen LogP contribution >= 0.6 is 11.8 Å². The van der Waals surface area contributed by atoms with Gasteiger partial charge in [0.05, 0.1) is 5.75 Å². The molecule has 1 aromatic heterocycles. The molecule has 1 atom stereocenters. The molecule has 1 saturated carbocycles. The Morgan fingerprint density at radius 1 is 1.44 bits per heavy atom. The lowest BCUT2D eigenvalue weighted by Gasteiger charge is -2.17. The third-order valence-electron chi connectivity index (χ3n) is 4.33. The van der Waals surface area contributed by atoms with E-state index in [1.807, 2.05) is 30.5 Å². The number of allylic oxidation sites excluding steroid dienone is 1. The first-order valence-corrected chi connectivity index (χ1v) is 10.2. The van der Waals surface area contributed by atoms with Crippen LogP contribution in [0, 0.1) is 13.8 Å². The molecule has 6 nitrogen and oxygen atoms in total. The summed E-state index contributed by atoms with van der Waals surface area (Å²) >= 11 is 1.39. The molecule has 0 radical (unpaired) electrons. The van der Waals surface area contributed by atoms with Crippen LogP contribution in [0.25, 0.3) is 0 Å². The van der Waals surface area contributed by atoms with Gasteiger partial charge in [0.2, 0.25) is 5.91 Å². The number of hydrogen-bond donors (Lipinski definition) is 1. The maximum atomic E-state index is 11.9. The summed E-state index contributed by atoms with van der Waals surface area (Å²) in [7, 11) is 0. The fraction of sp³-hybridized carbons (Fsp3) is 0.450. The first-order chi connectivity index (χ1) is 13.0. The molecule has 7 heteroatoms. The first kappa shape index (κ1) is 19.5. The molecule has 1 aliphatic carbocycles. The van der Waals surface area contributed by atoms with Crippen LogP contribution < -0.4 is 10.1 Å². The minimum Gasteiger partial charge on any atom is -0.482 e. The standard InChI is InChI=1S/C20H26N4O2S/c1-5-10-24-19(15(4)26-17-9-6-13(2)11-14(17)3)22-23-20(24)27-12-18(25)21-16-7-8-16/h5-6,9,11,15-16H,1,7-8,10,12H2,2-4H3,(H,21,25). The van der Waals surface area contributed by atoms with Gasteiger partial charge in [-0.25, -0.2) is 0 Å². The SMILES string of the molecule is C=CCn1c(SCC(=O)NC2CC2)nnc1C(C)Oc1ccc(C)cc1C. The second kappa shape index (κ2) is 8.61. The molecule has 1 aliphatic rings. The molecule has 1 aromatic carbocycles. The minimum absolute atomic E-state index is 0.0387. The highest BCUT2D eigenvalue weighted by atomic mass is 32.2. The molecule has 1 unspecified atom stereocenters. The Hall–Kier alpha value is -2.28. The number of carbonyl (C=O) groups is 1. The van der Waals surface area contributed by atoms with E-state index in [1.165, 1.54) is 17.3 Å². The Morgan fingerprint density at radius 3 is 2.89 bits per heavy atom. The lowest BCUT2D eigenvalue weighted by molar-refractivity contribution is -0.118. The number of ether oxygens (including phenoxy) is 1. The molecule has 1 amide bonds. The normalized spacial score (nSPS) is 14.6. The molecule has 1 fully saturated rings. The number of rotatable bonds is 9. The fourth-order valence-electron chi connectivity index (χ4n) is 2.81. The number of benzene rings is 1. The minimum atomic E-state index is -0.270. The van der Waals surface area contributed by atoms with Gasteiger partial charge in [-0.3, -0.25) is 9.36 Å². The van der Waals surface area contributed by atoms with Gasteiger partial charge in [0.15, 0.2) is 17.1 Å². The van der Waals surface area contributed by atoms with Crippen molar-refractivity contribution in [2.45, 2.75) is 57.5 Å².